The zero-order chi connectivity index (χ0) is 30.6. The van der Waals surface area contributed by atoms with Crippen molar-refractivity contribution in [3.63, 3.8) is 0 Å². The van der Waals surface area contributed by atoms with Crippen LogP contribution in [0.25, 0.3) is 10.2 Å². The average molecular weight is 602 g/mol. The fourth-order valence-corrected chi connectivity index (χ4v) is 6.87. The predicted molar refractivity (Wildman–Crippen MR) is 178 cm³/mol. The number of amides is 1. The standard InChI is InChI=1S/C38H27N5OS/c39-24-28-20-22-29(23-21-28)36(44)42(37-41-34-18-10-11-19-35(34)45-37)26-33-25-40-27-43(33)38(30-12-4-1-5-13-30,31-14-6-2-7-15-31)32-16-8-3-9-17-32/h1-23,25,27H,26H2. The van der Waals surface area contributed by atoms with E-state index in [4.69, 9.17) is 4.98 Å². The highest BCUT2D eigenvalue weighted by Gasteiger charge is 2.40. The Morgan fingerprint density at radius 3 is 1.87 bits per heavy atom. The second-order valence-electron chi connectivity index (χ2n) is 10.6. The molecule has 0 atom stereocenters. The minimum atomic E-state index is -0.785. The average Bonchev–Trinajstić information content (AvgIpc) is 3.76. The lowest BCUT2D eigenvalue weighted by Crippen LogP contribution is -2.40. The number of rotatable bonds is 8. The maximum atomic E-state index is 14.3. The van der Waals surface area contributed by atoms with Gasteiger partial charge in [-0.25, -0.2) is 9.97 Å². The molecule has 7 rings (SSSR count). The zero-order valence-corrected chi connectivity index (χ0v) is 25.0. The molecule has 2 heterocycles. The number of fused-ring (bicyclic) bond motifs is 1. The summed E-state index contributed by atoms with van der Waals surface area (Å²) in [5, 5.41) is 9.92. The molecule has 0 saturated carbocycles. The highest BCUT2D eigenvalue weighted by atomic mass is 32.1. The molecule has 216 valence electrons. The van der Waals surface area contributed by atoms with E-state index in [0.717, 1.165) is 32.6 Å². The molecule has 2 aromatic heterocycles. The van der Waals surface area contributed by atoms with Crippen LogP contribution in [0.5, 0.6) is 0 Å². The first-order valence-electron chi connectivity index (χ1n) is 14.5. The van der Waals surface area contributed by atoms with Crippen molar-refractivity contribution in [1.29, 1.82) is 5.26 Å². The summed E-state index contributed by atoms with van der Waals surface area (Å²) in [6.07, 6.45) is 3.68. The molecule has 0 aliphatic carbocycles. The van der Waals surface area contributed by atoms with Crippen molar-refractivity contribution in [3.05, 3.63) is 186 Å². The van der Waals surface area contributed by atoms with E-state index in [1.54, 1.807) is 29.2 Å². The van der Waals surface area contributed by atoms with Crippen LogP contribution in [-0.4, -0.2) is 20.4 Å². The van der Waals surface area contributed by atoms with E-state index in [1.165, 1.54) is 11.3 Å². The molecule has 0 bridgehead atoms. The molecule has 0 fully saturated rings. The minimum absolute atomic E-state index is 0.212. The Bertz CT molecular complexity index is 1980. The normalized spacial score (nSPS) is 11.3. The SMILES string of the molecule is N#Cc1ccc(C(=O)N(Cc2cncn2C(c2ccccc2)(c2ccccc2)c2ccccc2)c2nc3ccccc3s2)cc1. The van der Waals surface area contributed by atoms with Gasteiger partial charge in [-0.15, -0.1) is 0 Å². The molecule has 5 aromatic carbocycles. The number of thiazole rings is 1. The number of benzene rings is 5. The first kappa shape index (κ1) is 28.0. The van der Waals surface area contributed by atoms with Crippen LogP contribution in [0.15, 0.2) is 152 Å². The number of aromatic nitrogens is 3. The molecule has 0 N–H and O–H groups in total. The van der Waals surface area contributed by atoms with Gasteiger partial charge in [-0.3, -0.25) is 9.69 Å². The third-order valence-corrected chi connectivity index (χ3v) is 9.05. The molecule has 7 aromatic rings. The van der Waals surface area contributed by atoms with Crippen molar-refractivity contribution in [2.24, 2.45) is 0 Å². The van der Waals surface area contributed by atoms with Crippen molar-refractivity contribution in [3.8, 4) is 6.07 Å². The molecular formula is C38H27N5OS. The quantitative estimate of drug-likeness (QED) is 0.165. The number of para-hydroxylation sites is 1. The molecule has 0 saturated heterocycles. The molecule has 0 aliphatic heterocycles. The van der Waals surface area contributed by atoms with E-state index in [1.807, 2.05) is 55.0 Å². The largest absolute Gasteiger partial charge is 0.314 e. The summed E-state index contributed by atoms with van der Waals surface area (Å²) in [6, 6.07) is 47.9. The zero-order valence-electron chi connectivity index (χ0n) is 24.2. The van der Waals surface area contributed by atoms with E-state index in [0.29, 0.717) is 16.3 Å². The van der Waals surface area contributed by atoms with Gasteiger partial charge >= 0.3 is 0 Å². The van der Waals surface area contributed by atoms with Gasteiger partial charge in [0.2, 0.25) is 0 Å². The van der Waals surface area contributed by atoms with Crippen LogP contribution in [-0.2, 0) is 12.1 Å². The van der Waals surface area contributed by atoms with E-state index < -0.39 is 5.54 Å². The van der Waals surface area contributed by atoms with Crippen molar-refractivity contribution in [2.45, 2.75) is 12.1 Å². The smallest absolute Gasteiger partial charge is 0.260 e. The number of nitriles is 1. The number of carbonyl (C=O) groups is 1. The summed E-state index contributed by atoms with van der Waals surface area (Å²) < 4.78 is 3.17. The lowest BCUT2D eigenvalue weighted by molar-refractivity contribution is 0.0984. The minimum Gasteiger partial charge on any atom is -0.314 e. The molecule has 0 aliphatic rings. The van der Waals surface area contributed by atoms with Gasteiger partial charge in [0.1, 0.15) is 5.54 Å². The summed E-state index contributed by atoms with van der Waals surface area (Å²) >= 11 is 1.47. The molecular weight excluding hydrogens is 575 g/mol. The van der Waals surface area contributed by atoms with Gasteiger partial charge in [-0.05, 0) is 53.1 Å². The number of hydrogen-bond donors (Lipinski definition) is 0. The first-order valence-corrected chi connectivity index (χ1v) is 15.4. The topological polar surface area (TPSA) is 74.8 Å². The lowest BCUT2D eigenvalue weighted by Gasteiger charge is -2.39. The lowest BCUT2D eigenvalue weighted by atomic mass is 9.76. The van der Waals surface area contributed by atoms with Gasteiger partial charge in [0.25, 0.3) is 5.91 Å². The van der Waals surface area contributed by atoms with Crippen molar-refractivity contribution >= 4 is 32.6 Å². The van der Waals surface area contributed by atoms with Crippen LogP contribution in [0.3, 0.4) is 0 Å². The highest BCUT2D eigenvalue weighted by Crippen LogP contribution is 2.42. The highest BCUT2D eigenvalue weighted by molar-refractivity contribution is 7.22. The molecule has 0 radical (unpaired) electrons. The van der Waals surface area contributed by atoms with Gasteiger partial charge in [-0.2, -0.15) is 5.26 Å². The fraction of sp³-hybridized carbons (Fsp3) is 0.0526. The molecule has 1 amide bonds. The number of nitrogens with zero attached hydrogens (tertiary/aromatic N) is 5. The van der Waals surface area contributed by atoms with E-state index >= 15 is 0 Å². The van der Waals surface area contributed by atoms with Crippen LogP contribution in [0.2, 0.25) is 0 Å². The molecule has 7 heteroatoms. The first-order chi connectivity index (χ1) is 22.2. The molecule has 0 spiro atoms. The van der Waals surface area contributed by atoms with Gasteiger partial charge < -0.3 is 4.57 Å². The number of hydrogen-bond acceptors (Lipinski definition) is 5. The van der Waals surface area contributed by atoms with Crippen LogP contribution < -0.4 is 4.90 Å². The van der Waals surface area contributed by atoms with E-state index in [-0.39, 0.29) is 12.5 Å². The molecule has 0 unspecified atom stereocenters. The second-order valence-corrected chi connectivity index (χ2v) is 11.6. The van der Waals surface area contributed by atoms with Crippen molar-refractivity contribution in [1.82, 2.24) is 14.5 Å². The van der Waals surface area contributed by atoms with Crippen molar-refractivity contribution < 1.29 is 4.79 Å². The van der Waals surface area contributed by atoms with Crippen LogP contribution in [0, 0.1) is 11.3 Å². The monoisotopic (exact) mass is 601 g/mol. The van der Waals surface area contributed by atoms with E-state index in [9.17, 15) is 10.1 Å². The number of anilines is 1. The Morgan fingerprint density at radius 1 is 0.756 bits per heavy atom. The summed E-state index contributed by atoms with van der Waals surface area (Å²) in [4.78, 5) is 25.6. The Kier molecular flexibility index (Phi) is 7.48. The van der Waals surface area contributed by atoms with Crippen LogP contribution >= 0.6 is 11.3 Å². The summed E-state index contributed by atoms with van der Waals surface area (Å²) in [5.74, 6) is -0.212. The maximum absolute atomic E-state index is 14.3. The number of imidazole rings is 1. The fourth-order valence-electron chi connectivity index (χ4n) is 5.90. The summed E-state index contributed by atoms with van der Waals surface area (Å²) in [5.41, 5.74) is 5.02. The Labute approximate surface area is 265 Å². The van der Waals surface area contributed by atoms with Crippen LogP contribution in [0.4, 0.5) is 5.13 Å². The maximum Gasteiger partial charge on any atom is 0.260 e. The number of carbonyl (C=O) groups excluding carboxylic acids is 1. The predicted octanol–water partition coefficient (Wildman–Crippen LogP) is 8.05. The Morgan fingerprint density at radius 2 is 1.31 bits per heavy atom. The van der Waals surface area contributed by atoms with Crippen molar-refractivity contribution in [2.75, 3.05) is 4.90 Å². The van der Waals surface area contributed by atoms with Gasteiger partial charge in [0.05, 0.1) is 46.6 Å². The molecule has 45 heavy (non-hydrogen) atoms. The second kappa shape index (κ2) is 12.0. The summed E-state index contributed by atoms with van der Waals surface area (Å²) in [6.45, 7) is 0.215. The van der Waals surface area contributed by atoms with Gasteiger partial charge in [0, 0.05) is 5.56 Å². The summed E-state index contributed by atoms with van der Waals surface area (Å²) in [7, 11) is 0. The molecule has 6 nitrogen and oxygen atoms in total. The third-order valence-electron chi connectivity index (χ3n) is 7.99. The Hall–Kier alpha value is -5.84. The van der Waals surface area contributed by atoms with E-state index in [2.05, 4.69) is 88.4 Å². The van der Waals surface area contributed by atoms with Gasteiger partial charge in [0.15, 0.2) is 5.13 Å². The van der Waals surface area contributed by atoms with Crippen LogP contribution in [0.1, 0.15) is 38.3 Å². The Balaban J connectivity index is 1.43. The van der Waals surface area contributed by atoms with Gasteiger partial charge in [-0.1, -0.05) is 114 Å². The third kappa shape index (κ3) is 5.07.